The van der Waals surface area contributed by atoms with E-state index in [1.165, 1.54) is 0 Å². The Balaban J connectivity index is 1.89. The van der Waals surface area contributed by atoms with Gasteiger partial charge in [-0.15, -0.1) is 0 Å². The number of rotatable bonds is 1. The van der Waals surface area contributed by atoms with Gasteiger partial charge >= 0.3 is 0 Å². The fraction of sp³-hybridized carbons (Fsp3) is 0.167. The van der Waals surface area contributed by atoms with Crippen molar-refractivity contribution in [2.24, 2.45) is 0 Å². The van der Waals surface area contributed by atoms with Crippen LogP contribution in [-0.4, -0.2) is 23.8 Å². The van der Waals surface area contributed by atoms with Crippen molar-refractivity contribution in [1.29, 1.82) is 0 Å². The van der Waals surface area contributed by atoms with Crippen LogP contribution in [0, 0.1) is 0 Å². The lowest BCUT2D eigenvalue weighted by Gasteiger charge is -2.33. The number of carbonyl (C=O) groups is 1. The van der Waals surface area contributed by atoms with Gasteiger partial charge in [0.25, 0.3) is 0 Å². The van der Waals surface area contributed by atoms with E-state index in [1.54, 1.807) is 0 Å². The number of hydrogen-bond donors (Lipinski definition) is 0. The monoisotopic (exact) mass is 261 g/mol. The van der Waals surface area contributed by atoms with Gasteiger partial charge in [0.05, 0.1) is 12.1 Å². The lowest BCUT2D eigenvalue weighted by molar-refractivity contribution is 0.0867. The van der Waals surface area contributed by atoms with Crippen molar-refractivity contribution in [2.75, 3.05) is 7.05 Å². The third kappa shape index (κ3) is 1.46. The summed E-state index contributed by atoms with van der Waals surface area (Å²) in [6.07, 6.45) is 2.24. The molecule has 2 nitrogen and oxygen atoms in total. The molecule has 2 unspecified atom stereocenters. The lowest BCUT2D eigenvalue weighted by atomic mass is 9.89. The van der Waals surface area contributed by atoms with Gasteiger partial charge in [0, 0.05) is 5.56 Å². The molecule has 4 rings (SSSR count). The minimum absolute atomic E-state index is 0.141. The first-order valence-corrected chi connectivity index (χ1v) is 6.89. The molecule has 0 spiro atoms. The zero-order valence-electron chi connectivity index (χ0n) is 11.3. The first-order valence-electron chi connectivity index (χ1n) is 6.89. The van der Waals surface area contributed by atoms with Gasteiger partial charge in [0.2, 0.25) is 0 Å². The standard InChI is InChI=1S/C18H15NO/c1-19-16-11-15(12-7-3-2-4-8-12)17(19)18(20)14-10-6-5-9-13(14)16/h2-11,16-17H,1H3. The number of hydrogen-bond acceptors (Lipinski definition) is 2. The van der Waals surface area contributed by atoms with Crippen molar-refractivity contribution in [3.05, 3.63) is 77.4 Å². The molecule has 98 valence electrons. The lowest BCUT2D eigenvalue weighted by Crippen LogP contribution is -2.41. The average Bonchev–Trinajstić information content (AvgIpc) is 2.77. The van der Waals surface area contributed by atoms with E-state index in [-0.39, 0.29) is 17.9 Å². The molecule has 2 atom stereocenters. The number of likely N-dealkylation sites (N-methyl/N-ethyl adjacent to an activating group) is 1. The minimum atomic E-state index is -0.141. The van der Waals surface area contributed by atoms with E-state index < -0.39 is 0 Å². The Morgan fingerprint density at radius 3 is 2.45 bits per heavy atom. The normalized spacial score (nSPS) is 24.4. The van der Waals surface area contributed by atoms with Gasteiger partial charge in [-0.1, -0.05) is 60.7 Å². The maximum atomic E-state index is 12.8. The zero-order valence-corrected chi connectivity index (χ0v) is 11.3. The highest BCUT2D eigenvalue weighted by atomic mass is 16.1. The van der Waals surface area contributed by atoms with Crippen LogP contribution in [0.3, 0.4) is 0 Å². The SMILES string of the molecule is CN1C2C(=O)c3ccccc3C1C=C2c1ccccc1. The van der Waals surface area contributed by atoms with Crippen LogP contribution in [-0.2, 0) is 0 Å². The van der Waals surface area contributed by atoms with E-state index in [4.69, 9.17) is 0 Å². The van der Waals surface area contributed by atoms with E-state index in [2.05, 4.69) is 29.2 Å². The van der Waals surface area contributed by atoms with Crippen molar-refractivity contribution >= 4 is 11.4 Å². The maximum absolute atomic E-state index is 12.8. The van der Waals surface area contributed by atoms with Gasteiger partial charge in [-0.05, 0) is 23.7 Å². The summed E-state index contributed by atoms with van der Waals surface area (Å²) in [7, 11) is 2.04. The van der Waals surface area contributed by atoms with Crippen LogP contribution in [0.15, 0.2) is 60.7 Å². The van der Waals surface area contributed by atoms with Gasteiger partial charge in [-0.3, -0.25) is 9.69 Å². The molecular weight excluding hydrogens is 246 g/mol. The Labute approximate surface area is 118 Å². The number of carbonyl (C=O) groups excluding carboxylic acids is 1. The average molecular weight is 261 g/mol. The summed E-state index contributed by atoms with van der Waals surface area (Å²) in [5.41, 5.74) is 4.29. The largest absolute Gasteiger partial charge is 0.292 e. The van der Waals surface area contributed by atoms with Crippen LogP contribution in [0.25, 0.3) is 5.57 Å². The quantitative estimate of drug-likeness (QED) is 0.785. The highest BCUT2D eigenvalue weighted by Gasteiger charge is 2.43. The number of benzene rings is 2. The maximum Gasteiger partial charge on any atom is 0.184 e. The smallest absolute Gasteiger partial charge is 0.184 e. The fourth-order valence-electron chi connectivity index (χ4n) is 3.41. The molecule has 2 aliphatic heterocycles. The third-order valence-electron chi connectivity index (χ3n) is 4.38. The van der Waals surface area contributed by atoms with E-state index in [0.29, 0.717) is 0 Å². The van der Waals surface area contributed by atoms with Crippen LogP contribution < -0.4 is 0 Å². The highest BCUT2D eigenvalue weighted by Crippen LogP contribution is 2.44. The molecule has 0 aromatic heterocycles. The molecule has 0 N–H and O–H groups in total. The molecule has 2 heterocycles. The molecular formula is C18H15NO. The molecule has 0 amide bonds. The summed E-state index contributed by atoms with van der Waals surface area (Å²) in [6.45, 7) is 0. The van der Waals surface area contributed by atoms with Crippen LogP contribution in [0.1, 0.15) is 27.5 Å². The summed E-state index contributed by atoms with van der Waals surface area (Å²) < 4.78 is 0. The van der Waals surface area contributed by atoms with Crippen LogP contribution in [0.2, 0.25) is 0 Å². The van der Waals surface area contributed by atoms with E-state index in [9.17, 15) is 4.79 Å². The minimum Gasteiger partial charge on any atom is -0.292 e. The Kier molecular flexibility index (Phi) is 2.41. The van der Waals surface area contributed by atoms with Gasteiger partial charge in [0.15, 0.2) is 5.78 Å². The molecule has 2 aromatic rings. The van der Waals surface area contributed by atoms with E-state index in [1.807, 2.05) is 43.4 Å². The van der Waals surface area contributed by atoms with Crippen LogP contribution >= 0.6 is 0 Å². The predicted molar refractivity (Wildman–Crippen MR) is 79.5 cm³/mol. The summed E-state index contributed by atoms with van der Waals surface area (Å²) >= 11 is 0. The Morgan fingerprint density at radius 1 is 0.950 bits per heavy atom. The van der Waals surface area contributed by atoms with E-state index in [0.717, 1.165) is 22.3 Å². The summed E-state index contributed by atoms with van der Waals surface area (Å²) in [6, 6.07) is 18.3. The summed E-state index contributed by atoms with van der Waals surface area (Å²) in [5, 5.41) is 0. The summed E-state index contributed by atoms with van der Waals surface area (Å²) in [5.74, 6) is 0.215. The zero-order chi connectivity index (χ0) is 13.7. The molecule has 2 aliphatic rings. The molecule has 0 fully saturated rings. The molecule has 2 aromatic carbocycles. The number of Topliss-reactive ketones (excluding diaryl/α,β-unsaturated/α-hetero) is 1. The Hall–Kier alpha value is -2.19. The Morgan fingerprint density at radius 2 is 1.65 bits per heavy atom. The Bertz CT molecular complexity index is 717. The van der Waals surface area contributed by atoms with Crippen molar-refractivity contribution in [2.45, 2.75) is 12.1 Å². The predicted octanol–water partition coefficient (Wildman–Crippen LogP) is 3.32. The number of nitrogens with zero attached hydrogens (tertiary/aromatic N) is 1. The van der Waals surface area contributed by atoms with Crippen molar-refractivity contribution in [1.82, 2.24) is 4.90 Å². The second-order valence-electron chi connectivity index (χ2n) is 5.45. The van der Waals surface area contributed by atoms with Crippen LogP contribution in [0.4, 0.5) is 0 Å². The van der Waals surface area contributed by atoms with Gasteiger partial charge < -0.3 is 0 Å². The van der Waals surface area contributed by atoms with E-state index >= 15 is 0 Å². The second kappa shape index (κ2) is 4.15. The molecule has 2 bridgehead atoms. The number of fused-ring (bicyclic) bond motifs is 4. The number of ketones is 1. The van der Waals surface area contributed by atoms with Crippen molar-refractivity contribution < 1.29 is 4.79 Å². The fourth-order valence-corrected chi connectivity index (χ4v) is 3.41. The molecule has 0 saturated heterocycles. The second-order valence-corrected chi connectivity index (χ2v) is 5.45. The van der Waals surface area contributed by atoms with Gasteiger partial charge in [-0.2, -0.15) is 0 Å². The first-order chi connectivity index (χ1) is 9.77. The van der Waals surface area contributed by atoms with Gasteiger partial charge in [-0.25, -0.2) is 0 Å². The van der Waals surface area contributed by atoms with Crippen molar-refractivity contribution in [3.8, 4) is 0 Å². The summed E-state index contributed by atoms with van der Waals surface area (Å²) in [4.78, 5) is 15.0. The molecule has 20 heavy (non-hydrogen) atoms. The van der Waals surface area contributed by atoms with Gasteiger partial charge in [0.1, 0.15) is 0 Å². The van der Waals surface area contributed by atoms with Crippen LogP contribution in [0.5, 0.6) is 0 Å². The third-order valence-corrected chi connectivity index (χ3v) is 4.38. The van der Waals surface area contributed by atoms with Crippen molar-refractivity contribution in [3.63, 3.8) is 0 Å². The first kappa shape index (κ1) is 11.6. The highest BCUT2D eigenvalue weighted by molar-refractivity contribution is 6.11. The topological polar surface area (TPSA) is 20.3 Å². The molecule has 0 saturated carbocycles. The molecule has 0 aliphatic carbocycles. The molecule has 0 radical (unpaired) electrons. The molecule has 2 heteroatoms.